The average molecular weight is 251 g/mol. The van der Waals surface area contributed by atoms with E-state index in [1.807, 2.05) is 6.08 Å². The van der Waals surface area contributed by atoms with E-state index in [2.05, 4.69) is 45.0 Å². The molecule has 1 nitrogen and oxygen atoms in total. The lowest BCUT2D eigenvalue weighted by molar-refractivity contribution is 0.250. The zero-order chi connectivity index (χ0) is 11.6. The van der Waals surface area contributed by atoms with Crippen LogP contribution in [0.3, 0.4) is 0 Å². The van der Waals surface area contributed by atoms with Crippen LogP contribution in [0.5, 0.6) is 0 Å². The van der Waals surface area contributed by atoms with E-state index in [0.717, 1.165) is 0 Å². The maximum Gasteiger partial charge on any atom is 0.0805 e. The Morgan fingerprint density at radius 1 is 1.07 bits per heavy atom. The monoisotopic (exact) mass is 250 g/mol. The molecule has 0 fully saturated rings. The fraction of sp³-hybridized carbons (Fsp3) is 0.800. The van der Waals surface area contributed by atoms with Crippen molar-refractivity contribution in [3.8, 4) is 0 Å². The number of rotatable bonds is 4. The Kier molecular flexibility index (Phi) is 5.12. The Bertz CT molecular complexity index is 203. The van der Waals surface area contributed by atoms with Gasteiger partial charge in [0, 0.05) is 0 Å². The second kappa shape index (κ2) is 4.97. The molecule has 1 N–H and O–H groups in total. The van der Waals surface area contributed by atoms with Crippen molar-refractivity contribution in [3.63, 3.8) is 0 Å². The first kappa shape index (κ1) is 14.4. The van der Waals surface area contributed by atoms with Crippen LogP contribution >= 0.6 is 11.6 Å². The number of alkyl halides is 1. The first-order chi connectivity index (χ1) is 6.04. The first-order valence-corrected chi connectivity index (χ1v) is 12.6. The van der Waals surface area contributed by atoms with E-state index < -0.39 is 16.1 Å². The fourth-order valence-corrected chi connectivity index (χ4v) is 4.14. The van der Waals surface area contributed by atoms with Crippen molar-refractivity contribution in [1.82, 2.24) is 0 Å². The summed E-state index contributed by atoms with van der Waals surface area (Å²) in [6, 6.07) is 0. The molecule has 0 rings (SSSR count). The molecule has 0 bridgehead atoms. The van der Waals surface area contributed by atoms with Gasteiger partial charge >= 0.3 is 0 Å². The minimum atomic E-state index is -1.53. The second-order valence-corrected chi connectivity index (χ2v) is 16.9. The molecule has 0 amide bonds. The normalized spacial score (nSPS) is 18.6. The van der Waals surface area contributed by atoms with Crippen LogP contribution in [-0.4, -0.2) is 32.4 Å². The summed E-state index contributed by atoms with van der Waals surface area (Å²) in [4.78, 5) is 0. The maximum absolute atomic E-state index is 9.95. The standard InChI is InChI=1S/C10H23ClOSi2/c1-13(2,3)8-7-9(11)10(12)14(4,5)6/h7-10,12H,1-6H3/b8-7+/t9-,10+/m1/s1. The lowest BCUT2D eigenvalue weighted by Crippen LogP contribution is -2.43. The molecule has 0 aliphatic rings. The minimum Gasteiger partial charge on any atom is -0.395 e. The number of halogens is 1. The van der Waals surface area contributed by atoms with Gasteiger partial charge in [-0.2, -0.15) is 0 Å². The molecule has 14 heavy (non-hydrogen) atoms. The van der Waals surface area contributed by atoms with Gasteiger partial charge in [0.1, 0.15) is 0 Å². The van der Waals surface area contributed by atoms with Gasteiger partial charge in [0.05, 0.1) is 27.3 Å². The summed E-state index contributed by atoms with van der Waals surface area (Å²) in [6.07, 6.45) is 1.98. The summed E-state index contributed by atoms with van der Waals surface area (Å²) in [7, 11) is -2.72. The zero-order valence-corrected chi connectivity index (χ0v) is 12.9. The molecule has 0 aromatic rings. The van der Waals surface area contributed by atoms with Gasteiger partial charge in [-0.1, -0.05) is 51.1 Å². The predicted molar refractivity (Wildman–Crippen MR) is 71.5 cm³/mol. The van der Waals surface area contributed by atoms with Crippen LogP contribution in [0.15, 0.2) is 11.8 Å². The molecule has 4 heteroatoms. The topological polar surface area (TPSA) is 20.2 Å². The maximum atomic E-state index is 9.95. The molecule has 0 aromatic carbocycles. The van der Waals surface area contributed by atoms with Crippen LogP contribution in [0, 0.1) is 0 Å². The third-order valence-corrected chi connectivity index (χ3v) is 5.89. The van der Waals surface area contributed by atoms with E-state index in [1.54, 1.807) is 0 Å². The van der Waals surface area contributed by atoms with Gasteiger partial charge in [0.2, 0.25) is 0 Å². The third kappa shape index (κ3) is 6.01. The van der Waals surface area contributed by atoms with Crippen LogP contribution in [-0.2, 0) is 0 Å². The molecule has 0 radical (unpaired) electrons. The van der Waals surface area contributed by atoms with Gasteiger partial charge in [-0.3, -0.25) is 0 Å². The Morgan fingerprint density at radius 3 is 1.79 bits per heavy atom. The smallest absolute Gasteiger partial charge is 0.0805 e. The molecular weight excluding hydrogens is 228 g/mol. The molecule has 0 saturated carbocycles. The van der Waals surface area contributed by atoms with Crippen molar-refractivity contribution in [1.29, 1.82) is 0 Å². The van der Waals surface area contributed by atoms with E-state index >= 15 is 0 Å². The van der Waals surface area contributed by atoms with Gasteiger partial charge in [-0.05, 0) is 0 Å². The second-order valence-electron chi connectivity index (χ2n) is 5.98. The highest BCUT2D eigenvalue weighted by Gasteiger charge is 2.29. The summed E-state index contributed by atoms with van der Waals surface area (Å²) in [6.45, 7) is 13.2. The summed E-state index contributed by atoms with van der Waals surface area (Å²) in [5, 5.41) is 9.73. The molecule has 0 heterocycles. The van der Waals surface area contributed by atoms with Gasteiger partial charge in [-0.25, -0.2) is 0 Å². The number of hydrogen-bond donors (Lipinski definition) is 1. The molecule has 0 spiro atoms. The molecular formula is C10H23ClOSi2. The van der Waals surface area contributed by atoms with Crippen molar-refractivity contribution in [2.75, 3.05) is 0 Å². The van der Waals surface area contributed by atoms with Gasteiger partial charge in [0.25, 0.3) is 0 Å². The highest BCUT2D eigenvalue weighted by Crippen LogP contribution is 2.17. The van der Waals surface area contributed by atoms with Gasteiger partial charge < -0.3 is 5.11 Å². The third-order valence-electron chi connectivity index (χ3n) is 1.97. The van der Waals surface area contributed by atoms with Gasteiger partial charge in [-0.15, -0.1) is 11.6 Å². The summed E-state index contributed by atoms with van der Waals surface area (Å²) in [5.41, 5.74) is 1.85. The van der Waals surface area contributed by atoms with Crippen molar-refractivity contribution in [2.45, 2.75) is 50.4 Å². The zero-order valence-electron chi connectivity index (χ0n) is 10.1. The highest BCUT2D eigenvalue weighted by molar-refractivity contribution is 6.81. The molecule has 0 aliphatic heterocycles. The number of aliphatic hydroxyl groups excluding tert-OH is 1. The lowest BCUT2D eigenvalue weighted by atomic mass is 10.4. The van der Waals surface area contributed by atoms with Crippen LogP contribution in [0.25, 0.3) is 0 Å². The van der Waals surface area contributed by atoms with E-state index in [-0.39, 0.29) is 11.1 Å². The van der Waals surface area contributed by atoms with Crippen LogP contribution < -0.4 is 0 Å². The fourth-order valence-electron chi connectivity index (χ4n) is 0.964. The summed E-state index contributed by atoms with van der Waals surface area (Å²) >= 11 is 6.14. The number of aliphatic hydroxyl groups is 1. The van der Waals surface area contributed by atoms with Crippen molar-refractivity contribution < 1.29 is 5.11 Å². The summed E-state index contributed by atoms with van der Waals surface area (Å²) < 4.78 is 0. The first-order valence-electron chi connectivity index (χ1n) is 5.05. The highest BCUT2D eigenvalue weighted by atomic mass is 35.5. The molecule has 0 aliphatic carbocycles. The van der Waals surface area contributed by atoms with Crippen molar-refractivity contribution >= 4 is 27.7 Å². The molecule has 0 aromatic heterocycles. The largest absolute Gasteiger partial charge is 0.395 e. The van der Waals surface area contributed by atoms with Crippen LogP contribution in [0.2, 0.25) is 39.3 Å². The number of hydrogen-bond acceptors (Lipinski definition) is 1. The van der Waals surface area contributed by atoms with E-state index in [9.17, 15) is 5.11 Å². The Morgan fingerprint density at radius 2 is 1.50 bits per heavy atom. The lowest BCUT2D eigenvalue weighted by Gasteiger charge is -2.26. The van der Waals surface area contributed by atoms with Crippen molar-refractivity contribution in [2.24, 2.45) is 0 Å². The molecule has 0 unspecified atom stereocenters. The SMILES string of the molecule is C[Si](C)(C)/C=C/[C@@H](Cl)[C@@H](O)[Si](C)(C)C. The predicted octanol–water partition coefficient (Wildman–Crippen LogP) is 3.27. The average Bonchev–Trinajstić information content (AvgIpc) is 1.95. The van der Waals surface area contributed by atoms with Crippen molar-refractivity contribution in [3.05, 3.63) is 11.8 Å². The van der Waals surface area contributed by atoms with E-state index in [0.29, 0.717) is 0 Å². The van der Waals surface area contributed by atoms with Crippen LogP contribution in [0.4, 0.5) is 0 Å². The molecule has 84 valence electrons. The Hall–Kier alpha value is 0.424. The van der Waals surface area contributed by atoms with Crippen LogP contribution in [0.1, 0.15) is 0 Å². The van der Waals surface area contributed by atoms with E-state index in [1.165, 1.54) is 0 Å². The van der Waals surface area contributed by atoms with E-state index in [4.69, 9.17) is 11.6 Å². The Balaban J connectivity index is 4.36. The Labute approximate surface area is 95.2 Å². The molecule has 2 atom stereocenters. The summed E-state index contributed by atoms with van der Waals surface area (Å²) in [5.74, 6) is 0. The molecule has 0 saturated heterocycles. The minimum absolute atomic E-state index is 0.214. The van der Waals surface area contributed by atoms with Gasteiger partial charge in [0.15, 0.2) is 0 Å². The quantitative estimate of drug-likeness (QED) is 0.600.